The monoisotopic (exact) mass is 432 g/mol. The van der Waals surface area contributed by atoms with Gasteiger partial charge in [-0.25, -0.2) is 9.78 Å². The molecule has 0 aliphatic carbocycles. The van der Waals surface area contributed by atoms with E-state index in [0.29, 0.717) is 15.8 Å². The summed E-state index contributed by atoms with van der Waals surface area (Å²) in [5.41, 5.74) is 0.402. The molecule has 0 unspecified atom stereocenters. The van der Waals surface area contributed by atoms with Crippen LogP contribution in [0.4, 0.5) is 5.69 Å². The maximum atomic E-state index is 11.4. The number of amides is 1. The van der Waals surface area contributed by atoms with Crippen LogP contribution in [0.5, 0.6) is 5.75 Å². The number of pyridine rings is 1. The van der Waals surface area contributed by atoms with Crippen molar-refractivity contribution in [3.8, 4) is 17.0 Å². The summed E-state index contributed by atoms with van der Waals surface area (Å²) in [7, 11) is 1.45. The second-order valence-electron chi connectivity index (χ2n) is 4.65. The third kappa shape index (κ3) is 3.63. The van der Waals surface area contributed by atoms with Gasteiger partial charge in [-0.2, -0.15) is 0 Å². The zero-order chi connectivity index (χ0) is 18.0. The average molecular weight is 434 g/mol. The summed E-state index contributed by atoms with van der Waals surface area (Å²) in [4.78, 5) is 26.7. The number of hydrogen-bond acceptors (Lipinski definition) is 4. The lowest BCUT2D eigenvalue weighted by atomic mass is 10.1. The number of carboxylic acids is 1. The molecule has 1 heterocycles. The number of nitrogens with zero attached hydrogens (tertiary/aromatic N) is 1. The van der Waals surface area contributed by atoms with Gasteiger partial charge in [-0.1, -0.05) is 23.2 Å². The number of methoxy groups -OCH3 is 1. The highest BCUT2D eigenvalue weighted by Gasteiger charge is 2.20. The minimum Gasteiger partial charge on any atom is -0.494 e. The lowest BCUT2D eigenvalue weighted by molar-refractivity contribution is -0.114. The van der Waals surface area contributed by atoms with E-state index in [1.807, 2.05) is 0 Å². The highest BCUT2D eigenvalue weighted by Crippen LogP contribution is 2.41. The van der Waals surface area contributed by atoms with Crippen LogP contribution in [0, 0.1) is 0 Å². The zero-order valence-electron chi connectivity index (χ0n) is 12.5. The summed E-state index contributed by atoms with van der Waals surface area (Å²) < 4.78 is 5.85. The first kappa shape index (κ1) is 18.5. The number of rotatable bonds is 4. The van der Waals surface area contributed by atoms with Gasteiger partial charge in [0.25, 0.3) is 0 Å². The van der Waals surface area contributed by atoms with Crippen LogP contribution in [0.2, 0.25) is 10.0 Å². The molecule has 0 aliphatic rings. The number of benzene rings is 1. The molecule has 2 N–H and O–H groups in total. The minimum atomic E-state index is -1.33. The summed E-state index contributed by atoms with van der Waals surface area (Å²) in [6, 6.07) is 4.79. The first-order valence-electron chi connectivity index (χ1n) is 6.50. The molecular formula is C15H11BrCl2N2O4. The van der Waals surface area contributed by atoms with Crippen molar-refractivity contribution >= 4 is 56.7 Å². The summed E-state index contributed by atoms with van der Waals surface area (Å²) in [5, 5.41) is 11.8. The van der Waals surface area contributed by atoms with Gasteiger partial charge in [0.15, 0.2) is 11.4 Å². The maximum Gasteiger partial charge on any atom is 0.356 e. The molecule has 0 bridgehead atoms. The molecule has 0 saturated carbocycles. The molecule has 1 amide bonds. The normalized spacial score (nSPS) is 10.4. The smallest absolute Gasteiger partial charge is 0.356 e. The number of ether oxygens (including phenoxy) is 1. The van der Waals surface area contributed by atoms with Crippen molar-refractivity contribution in [3.05, 3.63) is 38.4 Å². The van der Waals surface area contributed by atoms with Crippen LogP contribution in [0.25, 0.3) is 11.3 Å². The van der Waals surface area contributed by atoms with Crippen molar-refractivity contribution < 1.29 is 19.4 Å². The first-order chi connectivity index (χ1) is 11.3. The summed E-state index contributed by atoms with van der Waals surface area (Å²) in [5.74, 6) is -1.35. The Kier molecular flexibility index (Phi) is 5.69. The van der Waals surface area contributed by atoms with E-state index in [1.165, 1.54) is 20.1 Å². The molecule has 6 nitrogen and oxygen atoms in total. The fourth-order valence-electron chi connectivity index (χ4n) is 2.01. The van der Waals surface area contributed by atoms with E-state index in [0.717, 1.165) is 0 Å². The molecule has 0 spiro atoms. The maximum absolute atomic E-state index is 11.4. The molecule has 0 atom stereocenters. The van der Waals surface area contributed by atoms with Gasteiger partial charge in [0, 0.05) is 12.5 Å². The summed E-state index contributed by atoms with van der Waals surface area (Å²) in [6.45, 7) is 1.28. The number of hydrogen-bond donors (Lipinski definition) is 2. The summed E-state index contributed by atoms with van der Waals surface area (Å²) in [6.07, 6.45) is 0. The van der Waals surface area contributed by atoms with E-state index in [2.05, 4.69) is 26.2 Å². The predicted octanol–water partition coefficient (Wildman–Crippen LogP) is 4.48. The van der Waals surface area contributed by atoms with Gasteiger partial charge in [-0.3, -0.25) is 4.79 Å². The number of anilines is 1. The highest BCUT2D eigenvalue weighted by molar-refractivity contribution is 9.10. The Hall–Kier alpha value is -1.83. The molecule has 1 aromatic carbocycles. The van der Waals surface area contributed by atoms with E-state index < -0.39 is 17.6 Å². The Morgan fingerprint density at radius 3 is 2.50 bits per heavy atom. The lowest BCUT2D eigenvalue weighted by Gasteiger charge is -2.13. The molecule has 1 aromatic heterocycles. The predicted molar refractivity (Wildman–Crippen MR) is 95.2 cm³/mol. The Bertz CT molecular complexity index is 843. The molecule has 9 heteroatoms. The standard InChI is InChI=1S/C15H11BrCl2N2O4/c1-6(21)19-10-5-9(20-13(12(10)18)15(22)23)7-3-4-8(16)14(24-2)11(7)17/h3-5H,1-2H3,(H,22,23)(H,19,20,21). The number of aromatic carboxylic acids is 1. The number of carbonyl (C=O) groups excluding carboxylic acids is 1. The first-order valence-corrected chi connectivity index (χ1v) is 8.05. The molecule has 24 heavy (non-hydrogen) atoms. The van der Waals surface area contributed by atoms with Crippen molar-refractivity contribution in [1.29, 1.82) is 0 Å². The Labute approximate surface area is 155 Å². The summed E-state index contributed by atoms with van der Waals surface area (Å²) >= 11 is 15.6. The molecule has 0 saturated heterocycles. The van der Waals surface area contributed by atoms with E-state index in [-0.39, 0.29) is 21.4 Å². The van der Waals surface area contributed by atoms with Crippen LogP contribution in [-0.2, 0) is 4.79 Å². The van der Waals surface area contributed by atoms with E-state index in [9.17, 15) is 14.7 Å². The van der Waals surface area contributed by atoms with Gasteiger partial charge >= 0.3 is 5.97 Å². The Balaban J connectivity index is 2.73. The van der Waals surface area contributed by atoms with Crippen LogP contribution >= 0.6 is 39.1 Å². The van der Waals surface area contributed by atoms with Crippen LogP contribution in [-0.4, -0.2) is 29.1 Å². The quantitative estimate of drug-likeness (QED) is 0.741. The van der Waals surface area contributed by atoms with Crippen molar-refractivity contribution in [2.75, 3.05) is 12.4 Å². The molecular weight excluding hydrogens is 423 g/mol. The van der Waals surface area contributed by atoms with Gasteiger partial charge in [0.1, 0.15) is 0 Å². The third-order valence-corrected chi connectivity index (χ3v) is 4.38. The third-order valence-electron chi connectivity index (χ3n) is 3.00. The van der Waals surface area contributed by atoms with E-state index >= 15 is 0 Å². The lowest BCUT2D eigenvalue weighted by Crippen LogP contribution is -2.10. The second-order valence-corrected chi connectivity index (χ2v) is 6.26. The van der Waals surface area contributed by atoms with Gasteiger partial charge in [-0.05, 0) is 34.1 Å². The molecule has 0 radical (unpaired) electrons. The molecule has 0 aliphatic heterocycles. The number of nitrogens with one attached hydrogen (secondary N) is 1. The zero-order valence-corrected chi connectivity index (χ0v) is 15.6. The second kappa shape index (κ2) is 7.38. The minimum absolute atomic E-state index is 0.129. The van der Waals surface area contributed by atoms with Crippen LogP contribution in [0.3, 0.4) is 0 Å². The number of carbonyl (C=O) groups is 2. The fourth-order valence-corrected chi connectivity index (χ4v) is 3.18. The highest BCUT2D eigenvalue weighted by atomic mass is 79.9. The Morgan fingerprint density at radius 2 is 1.96 bits per heavy atom. The molecule has 2 rings (SSSR count). The van der Waals surface area contributed by atoms with Crippen molar-refractivity contribution in [2.45, 2.75) is 6.92 Å². The van der Waals surface area contributed by atoms with E-state index in [4.69, 9.17) is 27.9 Å². The molecule has 126 valence electrons. The van der Waals surface area contributed by atoms with Crippen LogP contribution < -0.4 is 10.1 Å². The van der Waals surface area contributed by atoms with Crippen molar-refractivity contribution in [1.82, 2.24) is 4.98 Å². The van der Waals surface area contributed by atoms with Gasteiger partial charge in [-0.15, -0.1) is 0 Å². The van der Waals surface area contributed by atoms with Crippen LogP contribution in [0.15, 0.2) is 22.7 Å². The van der Waals surface area contributed by atoms with Gasteiger partial charge in [0.05, 0.1) is 33.0 Å². The molecule has 0 fully saturated rings. The van der Waals surface area contributed by atoms with Crippen molar-refractivity contribution in [2.24, 2.45) is 0 Å². The number of aromatic nitrogens is 1. The molecule has 2 aromatic rings. The van der Waals surface area contributed by atoms with E-state index in [1.54, 1.807) is 12.1 Å². The van der Waals surface area contributed by atoms with Crippen molar-refractivity contribution in [3.63, 3.8) is 0 Å². The fraction of sp³-hybridized carbons (Fsp3) is 0.133. The van der Waals surface area contributed by atoms with Gasteiger partial charge in [0.2, 0.25) is 5.91 Å². The van der Waals surface area contributed by atoms with Crippen LogP contribution in [0.1, 0.15) is 17.4 Å². The largest absolute Gasteiger partial charge is 0.494 e. The Morgan fingerprint density at radius 1 is 1.29 bits per heavy atom. The topological polar surface area (TPSA) is 88.5 Å². The average Bonchev–Trinajstić information content (AvgIpc) is 2.49. The number of carboxylic acid groups (broad SMARTS) is 1. The SMILES string of the molecule is COc1c(Br)ccc(-c2cc(NC(C)=O)c(Cl)c(C(=O)O)n2)c1Cl. The number of halogens is 3. The van der Waals surface area contributed by atoms with Gasteiger partial charge < -0.3 is 15.2 Å².